The van der Waals surface area contributed by atoms with Crippen LogP contribution in [-0.4, -0.2) is 5.97 Å². The highest BCUT2D eigenvalue weighted by molar-refractivity contribution is 9.10. The molecule has 30 heavy (non-hydrogen) atoms. The zero-order valence-electron chi connectivity index (χ0n) is 16.3. The molecule has 0 bridgehead atoms. The summed E-state index contributed by atoms with van der Waals surface area (Å²) in [7, 11) is 0. The molecule has 1 heterocycles. The molecule has 1 aromatic heterocycles. The van der Waals surface area contributed by atoms with Crippen molar-refractivity contribution < 1.29 is 18.7 Å². The Balaban J connectivity index is 1.68. The highest BCUT2D eigenvalue weighted by Crippen LogP contribution is 2.31. The third-order valence-electron chi connectivity index (χ3n) is 4.61. The number of carbonyl (C=O) groups excluding carboxylic acids is 1. The van der Waals surface area contributed by atoms with Crippen LogP contribution in [0.4, 0.5) is 0 Å². The Hall–Kier alpha value is -3.38. The van der Waals surface area contributed by atoms with Gasteiger partial charge in [-0.2, -0.15) is 0 Å². The lowest BCUT2D eigenvalue weighted by molar-refractivity contribution is 0.0734. The molecule has 5 nitrogen and oxygen atoms in total. The number of hydrogen-bond donors (Lipinski definition) is 0. The van der Waals surface area contributed by atoms with Crippen molar-refractivity contribution in [2.45, 2.75) is 13.8 Å². The van der Waals surface area contributed by atoms with Gasteiger partial charge in [0, 0.05) is 6.07 Å². The summed E-state index contributed by atoms with van der Waals surface area (Å²) in [6.45, 7) is 3.49. The molecular formula is C24H17BrO5. The molecule has 0 spiro atoms. The van der Waals surface area contributed by atoms with Crippen LogP contribution < -0.4 is 14.9 Å². The summed E-state index contributed by atoms with van der Waals surface area (Å²) in [6.07, 6.45) is 0. The number of rotatable bonds is 4. The molecule has 0 aliphatic rings. The smallest absolute Gasteiger partial charge is 0.343 e. The van der Waals surface area contributed by atoms with E-state index in [4.69, 9.17) is 13.9 Å². The second-order valence-corrected chi connectivity index (χ2v) is 7.57. The molecule has 0 saturated carbocycles. The fourth-order valence-electron chi connectivity index (χ4n) is 3.05. The molecule has 0 N–H and O–H groups in total. The van der Waals surface area contributed by atoms with Crippen molar-refractivity contribution in [3.8, 4) is 17.2 Å². The first-order valence-electron chi connectivity index (χ1n) is 9.21. The number of para-hydroxylation sites is 1. The van der Waals surface area contributed by atoms with Crippen LogP contribution in [-0.2, 0) is 0 Å². The highest BCUT2D eigenvalue weighted by atomic mass is 79.9. The van der Waals surface area contributed by atoms with Crippen molar-refractivity contribution >= 4 is 32.9 Å². The number of ether oxygens (including phenoxy) is 2. The van der Waals surface area contributed by atoms with E-state index in [9.17, 15) is 9.59 Å². The van der Waals surface area contributed by atoms with Gasteiger partial charge in [0.15, 0.2) is 0 Å². The first-order valence-corrected chi connectivity index (χ1v) is 10.0. The fraction of sp³-hybridized carbons (Fsp3) is 0.0833. The number of carbonyl (C=O) groups is 1. The van der Waals surface area contributed by atoms with Gasteiger partial charge < -0.3 is 13.9 Å². The van der Waals surface area contributed by atoms with Crippen molar-refractivity contribution in [1.82, 2.24) is 0 Å². The third kappa shape index (κ3) is 3.86. The maximum atomic E-state index is 13.0. The van der Waals surface area contributed by atoms with Crippen molar-refractivity contribution in [3.63, 3.8) is 0 Å². The van der Waals surface area contributed by atoms with Gasteiger partial charge in [0.2, 0.25) is 11.2 Å². The summed E-state index contributed by atoms with van der Waals surface area (Å²) in [5.74, 6) is 0.763. The van der Waals surface area contributed by atoms with Crippen molar-refractivity contribution in [2.24, 2.45) is 0 Å². The summed E-state index contributed by atoms with van der Waals surface area (Å²) in [5, 5.41) is 0.332. The highest BCUT2D eigenvalue weighted by Gasteiger charge is 2.17. The van der Waals surface area contributed by atoms with Crippen molar-refractivity contribution in [2.75, 3.05) is 0 Å². The lowest BCUT2D eigenvalue weighted by Crippen LogP contribution is -2.11. The lowest BCUT2D eigenvalue weighted by Gasteiger charge is -2.11. The van der Waals surface area contributed by atoms with Gasteiger partial charge in [-0.05, 0) is 65.7 Å². The summed E-state index contributed by atoms with van der Waals surface area (Å²) in [4.78, 5) is 25.4. The molecule has 4 rings (SSSR count). The molecule has 0 fully saturated rings. The summed E-state index contributed by atoms with van der Waals surface area (Å²) in [5.41, 5.74) is 1.31. The van der Waals surface area contributed by atoms with Crippen LogP contribution in [0.2, 0.25) is 0 Å². The average molecular weight is 465 g/mol. The number of hydrogen-bond acceptors (Lipinski definition) is 5. The quantitative estimate of drug-likeness (QED) is 0.266. The Kier molecular flexibility index (Phi) is 5.42. The number of esters is 1. The topological polar surface area (TPSA) is 65.7 Å². The summed E-state index contributed by atoms with van der Waals surface area (Å²) in [6, 6.07) is 19.1. The van der Waals surface area contributed by atoms with Gasteiger partial charge in [-0.15, -0.1) is 0 Å². The van der Waals surface area contributed by atoms with Gasteiger partial charge in [-0.25, -0.2) is 4.79 Å². The first kappa shape index (κ1) is 19.9. The predicted molar refractivity (Wildman–Crippen MR) is 118 cm³/mol. The number of halogens is 1. The zero-order valence-corrected chi connectivity index (χ0v) is 17.9. The van der Waals surface area contributed by atoms with E-state index in [1.54, 1.807) is 37.3 Å². The predicted octanol–water partition coefficient (Wildman–Crippen LogP) is 6.18. The molecule has 4 aromatic rings. The van der Waals surface area contributed by atoms with Crippen LogP contribution in [0.1, 0.15) is 21.7 Å². The largest absolute Gasteiger partial charge is 0.457 e. The molecule has 0 radical (unpaired) electrons. The van der Waals surface area contributed by atoms with E-state index < -0.39 is 5.97 Å². The molecule has 0 unspecified atom stereocenters. The van der Waals surface area contributed by atoms with E-state index in [0.717, 1.165) is 10.0 Å². The minimum Gasteiger partial charge on any atom is -0.457 e. The zero-order chi connectivity index (χ0) is 21.3. The minimum atomic E-state index is -0.472. The van der Waals surface area contributed by atoms with Gasteiger partial charge in [0.05, 0.1) is 15.4 Å². The normalized spacial score (nSPS) is 10.8. The second kappa shape index (κ2) is 8.16. The van der Waals surface area contributed by atoms with E-state index in [-0.39, 0.29) is 16.9 Å². The second-order valence-electron chi connectivity index (χ2n) is 6.71. The van der Waals surface area contributed by atoms with Crippen LogP contribution in [0.3, 0.4) is 0 Å². The van der Waals surface area contributed by atoms with Crippen LogP contribution in [0.15, 0.2) is 80.4 Å². The summed E-state index contributed by atoms with van der Waals surface area (Å²) >= 11 is 3.40. The Morgan fingerprint density at radius 3 is 2.47 bits per heavy atom. The van der Waals surface area contributed by atoms with Crippen molar-refractivity contribution in [3.05, 3.63) is 98.3 Å². The lowest BCUT2D eigenvalue weighted by atomic mass is 10.1. The molecule has 150 valence electrons. The van der Waals surface area contributed by atoms with Gasteiger partial charge in [-0.3, -0.25) is 4.79 Å². The average Bonchev–Trinajstić information content (AvgIpc) is 2.72. The van der Waals surface area contributed by atoms with E-state index in [0.29, 0.717) is 28.0 Å². The van der Waals surface area contributed by atoms with Gasteiger partial charge in [-0.1, -0.05) is 30.3 Å². The minimum absolute atomic E-state index is 0.110. The van der Waals surface area contributed by atoms with Crippen LogP contribution in [0.5, 0.6) is 17.2 Å². The molecule has 0 amide bonds. The van der Waals surface area contributed by atoms with Gasteiger partial charge in [0.25, 0.3) is 0 Å². The maximum Gasteiger partial charge on any atom is 0.343 e. The summed E-state index contributed by atoms with van der Waals surface area (Å²) < 4.78 is 17.8. The van der Waals surface area contributed by atoms with E-state index in [1.165, 1.54) is 6.07 Å². The fourth-order valence-corrected chi connectivity index (χ4v) is 3.42. The van der Waals surface area contributed by atoms with Gasteiger partial charge in [0.1, 0.15) is 22.8 Å². The number of fused-ring (bicyclic) bond motifs is 1. The van der Waals surface area contributed by atoms with Gasteiger partial charge >= 0.3 is 5.97 Å². The molecule has 0 aliphatic carbocycles. The maximum absolute atomic E-state index is 13.0. The molecule has 0 aliphatic heterocycles. The van der Waals surface area contributed by atoms with Crippen LogP contribution in [0, 0.1) is 13.8 Å². The first-order chi connectivity index (χ1) is 14.4. The number of benzene rings is 3. The van der Waals surface area contributed by atoms with Crippen LogP contribution in [0.25, 0.3) is 11.0 Å². The van der Waals surface area contributed by atoms with E-state index in [2.05, 4.69) is 15.9 Å². The monoisotopic (exact) mass is 464 g/mol. The molecular weight excluding hydrogens is 448 g/mol. The Bertz CT molecular complexity index is 1320. The number of aryl methyl sites for hydroxylation is 2. The van der Waals surface area contributed by atoms with Crippen molar-refractivity contribution in [1.29, 1.82) is 0 Å². The standard InChI is InChI=1S/C24H17BrO5/c1-14-7-3-4-8-17(14)24(27)29-16-11-12-18-21(13-16)28-15(2)23(22(18)26)30-20-10-6-5-9-19(20)25/h3-13H,1-2H3. The molecule has 0 atom stereocenters. The van der Waals surface area contributed by atoms with E-state index in [1.807, 2.05) is 37.3 Å². The molecule has 0 saturated heterocycles. The Morgan fingerprint density at radius 2 is 1.70 bits per heavy atom. The SMILES string of the molecule is Cc1ccccc1C(=O)Oc1ccc2c(=O)c(Oc3ccccc3Br)c(C)oc2c1. The third-order valence-corrected chi connectivity index (χ3v) is 5.27. The van der Waals surface area contributed by atoms with E-state index >= 15 is 0 Å². The molecule has 6 heteroatoms. The Labute approximate surface area is 181 Å². The Morgan fingerprint density at radius 1 is 0.967 bits per heavy atom. The molecule has 3 aromatic carbocycles. The van der Waals surface area contributed by atoms with Crippen LogP contribution >= 0.6 is 15.9 Å².